The molecule has 1 aromatic carbocycles. The lowest BCUT2D eigenvalue weighted by Crippen LogP contribution is -2.30. The highest BCUT2D eigenvalue weighted by Crippen LogP contribution is 2.21. The molecule has 3 rings (SSSR count). The lowest BCUT2D eigenvalue weighted by Gasteiger charge is -2.27. The summed E-state index contributed by atoms with van der Waals surface area (Å²) < 4.78 is 0.960. The van der Waals surface area contributed by atoms with E-state index < -0.39 is 0 Å². The first kappa shape index (κ1) is 15.9. The van der Waals surface area contributed by atoms with Gasteiger partial charge in [0.1, 0.15) is 11.5 Å². The zero-order valence-corrected chi connectivity index (χ0v) is 14.6. The number of hydrogen-bond acceptors (Lipinski definition) is 4. The van der Waals surface area contributed by atoms with Gasteiger partial charge in [0.25, 0.3) is 5.91 Å². The second-order valence-electron chi connectivity index (χ2n) is 5.73. The minimum atomic E-state index is -0.251. The Kier molecular flexibility index (Phi) is 4.91. The SMILES string of the molecule is Cc1ccc(NC(=O)c2cnc(N3CCCCC3)cn2)cc1Br. The van der Waals surface area contributed by atoms with E-state index in [1.807, 2.05) is 25.1 Å². The fourth-order valence-electron chi connectivity index (χ4n) is 2.59. The summed E-state index contributed by atoms with van der Waals surface area (Å²) in [6.45, 7) is 4.02. The van der Waals surface area contributed by atoms with Crippen molar-refractivity contribution >= 4 is 33.3 Å². The standard InChI is InChI=1S/C17H19BrN4O/c1-12-5-6-13(9-14(12)18)21-17(23)15-10-20-16(11-19-15)22-7-3-2-4-8-22/h5-6,9-11H,2-4,7-8H2,1H3,(H,21,23). The van der Waals surface area contributed by atoms with Crippen LogP contribution in [0.15, 0.2) is 35.1 Å². The van der Waals surface area contributed by atoms with Crippen LogP contribution in [-0.2, 0) is 0 Å². The predicted octanol–water partition coefficient (Wildman–Crippen LogP) is 3.79. The van der Waals surface area contributed by atoms with Crippen LogP contribution in [0.1, 0.15) is 35.3 Å². The lowest BCUT2D eigenvalue weighted by molar-refractivity contribution is 0.102. The Morgan fingerprint density at radius 3 is 2.61 bits per heavy atom. The average molecular weight is 375 g/mol. The van der Waals surface area contributed by atoms with Crippen LogP contribution in [0, 0.1) is 6.92 Å². The van der Waals surface area contributed by atoms with Gasteiger partial charge >= 0.3 is 0 Å². The first-order valence-corrected chi connectivity index (χ1v) is 8.57. The molecule has 1 aromatic heterocycles. The van der Waals surface area contributed by atoms with E-state index >= 15 is 0 Å². The van der Waals surface area contributed by atoms with Gasteiger partial charge in [0.05, 0.1) is 12.4 Å². The Morgan fingerprint density at radius 2 is 1.96 bits per heavy atom. The third kappa shape index (κ3) is 3.88. The lowest BCUT2D eigenvalue weighted by atomic mass is 10.1. The molecule has 1 amide bonds. The molecule has 0 bridgehead atoms. The summed E-state index contributed by atoms with van der Waals surface area (Å²) in [7, 11) is 0. The minimum Gasteiger partial charge on any atom is -0.355 e. The van der Waals surface area contributed by atoms with Gasteiger partial charge in [-0.25, -0.2) is 9.97 Å². The van der Waals surface area contributed by atoms with Crippen LogP contribution in [0.5, 0.6) is 0 Å². The number of hydrogen-bond donors (Lipinski definition) is 1. The summed E-state index contributed by atoms with van der Waals surface area (Å²) in [5.74, 6) is 0.595. The van der Waals surface area contributed by atoms with E-state index in [2.05, 4.69) is 36.1 Å². The van der Waals surface area contributed by atoms with E-state index in [1.165, 1.54) is 19.3 Å². The summed E-state index contributed by atoms with van der Waals surface area (Å²) in [4.78, 5) is 23.1. The Bertz CT molecular complexity index is 696. The zero-order chi connectivity index (χ0) is 16.2. The molecular formula is C17H19BrN4O. The molecule has 1 aliphatic rings. The van der Waals surface area contributed by atoms with Gasteiger partial charge < -0.3 is 10.2 Å². The van der Waals surface area contributed by atoms with E-state index in [0.717, 1.165) is 34.6 Å². The van der Waals surface area contributed by atoms with Gasteiger partial charge in [0, 0.05) is 23.2 Å². The molecule has 120 valence electrons. The van der Waals surface area contributed by atoms with Crippen LogP contribution in [0.25, 0.3) is 0 Å². The molecule has 23 heavy (non-hydrogen) atoms. The van der Waals surface area contributed by atoms with Crippen molar-refractivity contribution < 1.29 is 4.79 Å². The fraction of sp³-hybridized carbons (Fsp3) is 0.353. The van der Waals surface area contributed by atoms with Gasteiger partial charge in [-0.15, -0.1) is 0 Å². The number of carbonyl (C=O) groups is 1. The van der Waals surface area contributed by atoms with Gasteiger partial charge in [0.15, 0.2) is 0 Å². The molecule has 0 atom stereocenters. The summed E-state index contributed by atoms with van der Waals surface area (Å²) in [6, 6.07) is 5.70. The molecule has 0 unspecified atom stereocenters. The number of aromatic nitrogens is 2. The molecule has 0 spiro atoms. The van der Waals surface area contributed by atoms with Crippen molar-refractivity contribution in [1.29, 1.82) is 0 Å². The average Bonchev–Trinajstić information content (AvgIpc) is 2.59. The van der Waals surface area contributed by atoms with Crippen LogP contribution in [0.2, 0.25) is 0 Å². The number of halogens is 1. The topological polar surface area (TPSA) is 58.1 Å². The van der Waals surface area contributed by atoms with Crippen molar-refractivity contribution in [2.75, 3.05) is 23.3 Å². The van der Waals surface area contributed by atoms with Crippen molar-refractivity contribution in [3.63, 3.8) is 0 Å². The van der Waals surface area contributed by atoms with E-state index in [0.29, 0.717) is 5.69 Å². The highest BCUT2D eigenvalue weighted by molar-refractivity contribution is 9.10. The van der Waals surface area contributed by atoms with Gasteiger partial charge in [-0.1, -0.05) is 22.0 Å². The number of rotatable bonds is 3. The van der Waals surface area contributed by atoms with Gasteiger partial charge in [-0.3, -0.25) is 4.79 Å². The molecular weight excluding hydrogens is 356 g/mol. The van der Waals surface area contributed by atoms with E-state index in [1.54, 1.807) is 12.4 Å². The quantitative estimate of drug-likeness (QED) is 0.887. The molecule has 2 aromatic rings. The zero-order valence-electron chi connectivity index (χ0n) is 13.1. The number of nitrogens with one attached hydrogen (secondary N) is 1. The van der Waals surface area contributed by atoms with E-state index in [4.69, 9.17) is 0 Å². The molecule has 1 fully saturated rings. The number of anilines is 2. The monoisotopic (exact) mass is 374 g/mol. The molecule has 0 saturated carbocycles. The number of amides is 1. The summed E-state index contributed by atoms with van der Waals surface area (Å²) >= 11 is 3.46. The van der Waals surface area contributed by atoms with Gasteiger partial charge in [-0.2, -0.15) is 0 Å². The molecule has 1 aliphatic heterocycles. The minimum absolute atomic E-state index is 0.251. The predicted molar refractivity (Wildman–Crippen MR) is 94.9 cm³/mol. The summed E-state index contributed by atoms with van der Waals surface area (Å²) in [6.07, 6.45) is 6.88. The van der Waals surface area contributed by atoms with Gasteiger partial charge in [-0.05, 0) is 43.9 Å². The number of benzene rings is 1. The second-order valence-corrected chi connectivity index (χ2v) is 6.58. The summed E-state index contributed by atoms with van der Waals surface area (Å²) in [5, 5.41) is 2.84. The molecule has 5 nitrogen and oxygen atoms in total. The maximum absolute atomic E-state index is 12.3. The number of aryl methyl sites for hydroxylation is 1. The smallest absolute Gasteiger partial charge is 0.275 e. The third-order valence-electron chi connectivity index (χ3n) is 3.98. The number of nitrogens with zero attached hydrogens (tertiary/aromatic N) is 3. The van der Waals surface area contributed by atoms with Crippen molar-refractivity contribution in [2.45, 2.75) is 26.2 Å². The maximum atomic E-state index is 12.3. The Labute approximate surface area is 144 Å². The maximum Gasteiger partial charge on any atom is 0.275 e. The van der Waals surface area contributed by atoms with E-state index in [9.17, 15) is 4.79 Å². The van der Waals surface area contributed by atoms with Crippen molar-refractivity contribution in [1.82, 2.24) is 9.97 Å². The highest BCUT2D eigenvalue weighted by atomic mass is 79.9. The molecule has 2 heterocycles. The third-order valence-corrected chi connectivity index (χ3v) is 4.83. The highest BCUT2D eigenvalue weighted by Gasteiger charge is 2.14. The number of piperidine rings is 1. The van der Waals surface area contributed by atoms with E-state index in [-0.39, 0.29) is 5.91 Å². The fourth-order valence-corrected chi connectivity index (χ4v) is 2.97. The molecule has 0 radical (unpaired) electrons. The largest absolute Gasteiger partial charge is 0.355 e. The van der Waals surface area contributed by atoms with Gasteiger partial charge in [0.2, 0.25) is 0 Å². The molecule has 1 N–H and O–H groups in total. The second kappa shape index (κ2) is 7.08. The van der Waals surface area contributed by atoms with Crippen LogP contribution in [-0.4, -0.2) is 29.0 Å². The first-order chi connectivity index (χ1) is 11.1. The Hall–Kier alpha value is -1.95. The Balaban J connectivity index is 1.68. The molecule has 6 heteroatoms. The molecule has 1 saturated heterocycles. The molecule has 0 aliphatic carbocycles. The van der Waals surface area contributed by atoms with Crippen LogP contribution in [0.4, 0.5) is 11.5 Å². The summed E-state index contributed by atoms with van der Waals surface area (Å²) in [5.41, 5.74) is 2.17. The van der Waals surface area contributed by atoms with Crippen LogP contribution < -0.4 is 10.2 Å². The van der Waals surface area contributed by atoms with Crippen molar-refractivity contribution in [3.05, 3.63) is 46.3 Å². The van der Waals surface area contributed by atoms with Crippen molar-refractivity contribution in [3.8, 4) is 0 Å². The van der Waals surface area contributed by atoms with Crippen molar-refractivity contribution in [2.24, 2.45) is 0 Å². The van der Waals surface area contributed by atoms with Crippen LogP contribution >= 0.6 is 15.9 Å². The first-order valence-electron chi connectivity index (χ1n) is 7.78. The van der Waals surface area contributed by atoms with Crippen LogP contribution in [0.3, 0.4) is 0 Å². The number of carbonyl (C=O) groups excluding carboxylic acids is 1. The normalized spacial score (nSPS) is 14.6. The Morgan fingerprint density at radius 1 is 1.17 bits per heavy atom.